The second kappa shape index (κ2) is 11.0. The zero-order valence-electron chi connectivity index (χ0n) is 17.2. The third-order valence-corrected chi connectivity index (χ3v) is 4.92. The van der Waals surface area contributed by atoms with Gasteiger partial charge in [0.1, 0.15) is 11.6 Å². The van der Waals surface area contributed by atoms with E-state index in [0.29, 0.717) is 23.7 Å². The highest BCUT2D eigenvalue weighted by molar-refractivity contribution is 7.14. The van der Waals surface area contributed by atoms with Gasteiger partial charge in [-0.2, -0.15) is 0 Å². The maximum absolute atomic E-state index is 13.7. The van der Waals surface area contributed by atoms with Crippen molar-refractivity contribution in [1.29, 1.82) is 0 Å². The van der Waals surface area contributed by atoms with Crippen LogP contribution in [-0.4, -0.2) is 35.9 Å². The predicted octanol–water partition coefficient (Wildman–Crippen LogP) is 3.23. The Bertz CT molecular complexity index is 1100. The van der Waals surface area contributed by atoms with Gasteiger partial charge in [0.25, 0.3) is 11.8 Å². The van der Waals surface area contributed by atoms with E-state index in [1.165, 1.54) is 18.2 Å². The van der Waals surface area contributed by atoms with E-state index in [2.05, 4.69) is 20.9 Å². The number of thiazole rings is 1. The number of benzene rings is 2. The molecular formula is C22H21FN4O4S. The zero-order valence-corrected chi connectivity index (χ0v) is 18.0. The summed E-state index contributed by atoms with van der Waals surface area (Å²) in [4.78, 5) is 40.1. The number of halogens is 1. The van der Waals surface area contributed by atoms with Gasteiger partial charge >= 0.3 is 0 Å². The molecule has 1 aromatic heterocycles. The van der Waals surface area contributed by atoms with Crippen LogP contribution in [0.15, 0.2) is 53.9 Å². The van der Waals surface area contributed by atoms with Gasteiger partial charge in [0, 0.05) is 17.6 Å². The van der Waals surface area contributed by atoms with Crippen molar-refractivity contribution in [2.24, 2.45) is 0 Å². The smallest absolute Gasteiger partial charge is 0.260 e. The molecule has 0 unspecified atom stereocenters. The summed E-state index contributed by atoms with van der Waals surface area (Å²) in [5.74, 6) is -1.23. The van der Waals surface area contributed by atoms with Gasteiger partial charge < -0.3 is 15.4 Å². The monoisotopic (exact) mass is 456 g/mol. The Hall–Kier alpha value is -3.79. The van der Waals surface area contributed by atoms with Crippen LogP contribution in [-0.2, 0) is 16.0 Å². The summed E-state index contributed by atoms with van der Waals surface area (Å²) in [5, 5.41) is 9.82. The molecule has 166 valence electrons. The lowest BCUT2D eigenvalue weighted by atomic mass is 10.2. The number of hydrogen-bond acceptors (Lipinski definition) is 6. The first-order valence-electron chi connectivity index (χ1n) is 9.74. The number of carbonyl (C=O) groups is 3. The fraction of sp³-hybridized carbons (Fsp3) is 0.182. The Morgan fingerprint density at radius 3 is 2.50 bits per heavy atom. The van der Waals surface area contributed by atoms with Crippen molar-refractivity contribution < 1.29 is 23.5 Å². The Morgan fingerprint density at radius 1 is 1.03 bits per heavy atom. The van der Waals surface area contributed by atoms with Gasteiger partial charge in [-0.1, -0.05) is 12.1 Å². The van der Waals surface area contributed by atoms with Crippen molar-refractivity contribution in [3.05, 3.63) is 71.0 Å². The quantitative estimate of drug-likeness (QED) is 0.458. The van der Waals surface area contributed by atoms with Gasteiger partial charge in [-0.05, 0) is 43.3 Å². The fourth-order valence-corrected chi connectivity index (χ4v) is 3.36. The number of carbonyl (C=O) groups excluding carboxylic acids is 3. The van der Waals surface area contributed by atoms with Crippen LogP contribution < -0.4 is 20.7 Å². The highest BCUT2D eigenvalue weighted by Gasteiger charge is 2.14. The fourth-order valence-electron chi connectivity index (χ4n) is 2.66. The molecule has 2 aromatic carbocycles. The van der Waals surface area contributed by atoms with E-state index in [1.54, 1.807) is 35.7 Å². The predicted molar refractivity (Wildman–Crippen MR) is 119 cm³/mol. The van der Waals surface area contributed by atoms with E-state index in [0.717, 1.165) is 11.3 Å². The number of hydrogen-bond donors (Lipinski definition) is 3. The van der Waals surface area contributed by atoms with E-state index in [1.807, 2.05) is 6.92 Å². The standard InChI is InChI=1S/C22H21FN4O4S/c1-2-24-20(29)12-31-16-9-7-14(8-10-16)25-19(28)11-15-13-32-22(26-15)27-21(30)17-5-3-4-6-18(17)23/h3-10,13H,2,11-12H2,1H3,(H,24,29)(H,25,28)(H,26,27,30). The van der Waals surface area contributed by atoms with E-state index in [-0.39, 0.29) is 35.5 Å². The molecule has 0 aliphatic carbocycles. The van der Waals surface area contributed by atoms with E-state index in [9.17, 15) is 18.8 Å². The molecule has 3 rings (SSSR count). The van der Waals surface area contributed by atoms with Crippen molar-refractivity contribution in [2.45, 2.75) is 13.3 Å². The maximum Gasteiger partial charge on any atom is 0.260 e. The first-order chi connectivity index (χ1) is 15.4. The van der Waals surface area contributed by atoms with Crippen molar-refractivity contribution in [3.8, 4) is 5.75 Å². The molecule has 0 aliphatic heterocycles. The minimum absolute atomic E-state index is 0.00150. The summed E-state index contributed by atoms with van der Waals surface area (Å²) in [7, 11) is 0. The van der Waals surface area contributed by atoms with E-state index < -0.39 is 11.7 Å². The van der Waals surface area contributed by atoms with Crippen LogP contribution in [0.1, 0.15) is 23.0 Å². The van der Waals surface area contributed by atoms with Crippen LogP contribution in [0, 0.1) is 5.82 Å². The number of likely N-dealkylation sites (N-methyl/N-ethyl adjacent to an activating group) is 1. The molecule has 0 aliphatic rings. The van der Waals surface area contributed by atoms with Crippen molar-refractivity contribution in [2.75, 3.05) is 23.8 Å². The molecule has 32 heavy (non-hydrogen) atoms. The number of anilines is 2. The normalized spacial score (nSPS) is 10.3. The number of ether oxygens (including phenoxy) is 1. The molecule has 0 fully saturated rings. The molecular weight excluding hydrogens is 435 g/mol. The van der Waals surface area contributed by atoms with Crippen molar-refractivity contribution in [1.82, 2.24) is 10.3 Å². The van der Waals surface area contributed by atoms with Crippen LogP contribution in [0.25, 0.3) is 0 Å². The number of aromatic nitrogens is 1. The molecule has 0 radical (unpaired) electrons. The second-order valence-corrected chi connectivity index (χ2v) is 7.43. The topological polar surface area (TPSA) is 109 Å². The molecule has 3 N–H and O–H groups in total. The number of rotatable bonds is 9. The lowest BCUT2D eigenvalue weighted by Gasteiger charge is -2.08. The van der Waals surface area contributed by atoms with Crippen LogP contribution in [0.5, 0.6) is 5.75 Å². The molecule has 0 atom stereocenters. The summed E-state index contributed by atoms with van der Waals surface area (Å²) >= 11 is 1.15. The Labute approximate surface area is 187 Å². The third kappa shape index (κ3) is 6.61. The Balaban J connectivity index is 1.49. The van der Waals surface area contributed by atoms with Crippen LogP contribution in [0.3, 0.4) is 0 Å². The van der Waals surface area contributed by atoms with Crippen LogP contribution >= 0.6 is 11.3 Å². The lowest BCUT2D eigenvalue weighted by molar-refractivity contribution is -0.123. The second-order valence-electron chi connectivity index (χ2n) is 6.57. The first kappa shape index (κ1) is 22.9. The molecule has 3 amide bonds. The highest BCUT2D eigenvalue weighted by atomic mass is 32.1. The number of amides is 3. The summed E-state index contributed by atoms with van der Waals surface area (Å²) in [6, 6.07) is 12.3. The average molecular weight is 456 g/mol. The molecule has 0 spiro atoms. The van der Waals surface area contributed by atoms with Gasteiger partial charge in [0.05, 0.1) is 17.7 Å². The van der Waals surface area contributed by atoms with Gasteiger partial charge in [-0.15, -0.1) is 11.3 Å². The third-order valence-electron chi connectivity index (χ3n) is 4.11. The van der Waals surface area contributed by atoms with Gasteiger partial charge in [0.2, 0.25) is 5.91 Å². The molecule has 0 saturated heterocycles. The summed E-state index contributed by atoms with van der Waals surface area (Å²) in [5.41, 5.74) is 0.947. The molecule has 3 aromatic rings. The SMILES string of the molecule is CCNC(=O)COc1ccc(NC(=O)Cc2csc(NC(=O)c3ccccc3F)n2)cc1. The summed E-state index contributed by atoms with van der Waals surface area (Å²) < 4.78 is 19.1. The van der Waals surface area contributed by atoms with Crippen LogP contribution in [0.4, 0.5) is 15.2 Å². The van der Waals surface area contributed by atoms with Gasteiger partial charge in [-0.25, -0.2) is 9.37 Å². The highest BCUT2D eigenvalue weighted by Crippen LogP contribution is 2.19. The summed E-state index contributed by atoms with van der Waals surface area (Å²) in [6.45, 7) is 2.27. The summed E-state index contributed by atoms with van der Waals surface area (Å²) in [6.07, 6.45) is 0.00150. The maximum atomic E-state index is 13.7. The minimum atomic E-state index is -0.623. The molecule has 0 bridgehead atoms. The molecule has 1 heterocycles. The van der Waals surface area contributed by atoms with Crippen LogP contribution in [0.2, 0.25) is 0 Å². The minimum Gasteiger partial charge on any atom is -0.484 e. The largest absolute Gasteiger partial charge is 0.484 e. The first-order valence-corrected chi connectivity index (χ1v) is 10.6. The number of nitrogens with one attached hydrogen (secondary N) is 3. The van der Waals surface area contributed by atoms with E-state index in [4.69, 9.17) is 4.74 Å². The van der Waals surface area contributed by atoms with E-state index >= 15 is 0 Å². The molecule has 10 heteroatoms. The van der Waals surface area contributed by atoms with Crippen molar-refractivity contribution in [3.63, 3.8) is 0 Å². The average Bonchev–Trinajstić information content (AvgIpc) is 3.20. The molecule has 8 nitrogen and oxygen atoms in total. The number of nitrogens with zero attached hydrogens (tertiary/aromatic N) is 1. The molecule has 0 saturated carbocycles. The Kier molecular flexibility index (Phi) is 7.87. The zero-order chi connectivity index (χ0) is 22.9. The van der Waals surface area contributed by atoms with Crippen molar-refractivity contribution >= 4 is 39.9 Å². The lowest BCUT2D eigenvalue weighted by Crippen LogP contribution is -2.28. The van der Waals surface area contributed by atoms with Gasteiger partial charge in [-0.3, -0.25) is 19.7 Å². The van der Waals surface area contributed by atoms with Gasteiger partial charge in [0.15, 0.2) is 11.7 Å². The Morgan fingerprint density at radius 2 is 1.78 bits per heavy atom.